The Morgan fingerprint density at radius 1 is 0.960 bits per heavy atom. The van der Waals surface area contributed by atoms with Gasteiger partial charge < -0.3 is 24.8 Å². The molecule has 0 aliphatic carbocycles. The summed E-state index contributed by atoms with van der Waals surface area (Å²) >= 11 is 5.29. The fraction of sp³-hybridized carbons (Fsp3) is 0.235. The number of ether oxygens (including phenoxy) is 3. The topological polar surface area (TPSA) is 51.8 Å². The van der Waals surface area contributed by atoms with Gasteiger partial charge >= 0.3 is 6.61 Å². The molecule has 2 aromatic rings. The minimum absolute atomic E-state index is 0.0914. The molecule has 0 saturated heterocycles. The van der Waals surface area contributed by atoms with E-state index in [0.29, 0.717) is 33.5 Å². The summed E-state index contributed by atoms with van der Waals surface area (Å²) in [5.41, 5.74) is 2.05. The van der Waals surface area contributed by atoms with E-state index in [1.165, 1.54) is 12.1 Å². The van der Waals surface area contributed by atoms with Crippen LogP contribution in [0.15, 0.2) is 36.4 Å². The molecule has 134 valence electrons. The molecule has 0 aliphatic rings. The third kappa shape index (κ3) is 5.18. The van der Waals surface area contributed by atoms with Gasteiger partial charge in [-0.25, -0.2) is 0 Å². The molecule has 0 aromatic heterocycles. The number of halogens is 2. The predicted octanol–water partition coefficient (Wildman–Crippen LogP) is 4.42. The number of hydrogen-bond donors (Lipinski definition) is 2. The lowest BCUT2D eigenvalue weighted by molar-refractivity contribution is -0.0498. The van der Waals surface area contributed by atoms with Crippen LogP contribution in [0.5, 0.6) is 17.2 Å². The van der Waals surface area contributed by atoms with E-state index in [1.807, 2.05) is 0 Å². The van der Waals surface area contributed by atoms with Crippen LogP contribution in [-0.4, -0.2) is 25.9 Å². The molecule has 2 N–H and O–H groups in total. The average Bonchev–Trinajstić information content (AvgIpc) is 2.57. The zero-order valence-electron chi connectivity index (χ0n) is 13.9. The third-order valence-electron chi connectivity index (χ3n) is 3.33. The summed E-state index contributed by atoms with van der Waals surface area (Å²) in [6.45, 7) is -1.10. The Morgan fingerprint density at radius 2 is 1.60 bits per heavy atom. The monoisotopic (exact) mass is 368 g/mol. The van der Waals surface area contributed by atoms with Gasteiger partial charge in [-0.3, -0.25) is 0 Å². The van der Waals surface area contributed by atoms with Crippen molar-refractivity contribution in [2.75, 3.05) is 24.9 Å². The van der Waals surface area contributed by atoms with Crippen molar-refractivity contribution in [3.8, 4) is 17.2 Å². The van der Waals surface area contributed by atoms with Crippen LogP contribution in [0.2, 0.25) is 0 Å². The molecule has 0 fully saturated rings. The van der Waals surface area contributed by atoms with Gasteiger partial charge in [0.05, 0.1) is 19.9 Å². The summed E-state index contributed by atoms with van der Waals surface area (Å²) in [6, 6.07) is 9.84. The SMILES string of the molecule is COc1ccc(NC(=S)Nc2ccc(OC(F)F)cc2C)c(OC)c1. The number of nitrogens with one attached hydrogen (secondary N) is 2. The van der Waals surface area contributed by atoms with E-state index in [0.717, 1.165) is 0 Å². The molecule has 0 radical (unpaired) electrons. The number of methoxy groups -OCH3 is 2. The number of hydrogen-bond acceptors (Lipinski definition) is 4. The lowest BCUT2D eigenvalue weighted by Crippen LogP contribution is -2.20. The molecule has 0 aliphatic heterocycles. The molecule has 2 rings (SSSR count). The van der Waals surface area contributed by atoms with Crippen molar-refractivity contribution in [3.05, 3.63) is 42.0 Å². The highest BCUT2D eigenvalue weighted by molar-refractivity contribution is 7.80. The van der Waals surface area contributed by atoms with Crippen LogP contribution in [0, 0.1) is 6.92 Å². The quantitative estimate of drug-likeness (QED) is 0.736. The highest BCUT2D eigenvalue weighted by Crippen LogP contribution is 2.29. The molecule has 2 aromatic carbocycles. The number of aryl methyl sites for hydroxylation is 1. The van der Waals surface area contributed by atoms with Gasteiger partial charge in [-0.1, -0.05) is 0 Å². The molecular weight excluding hydrogens is 350 g/mol. The van der Waals surface area contributed by atoms with Crippen LogP contribution in [0.1, 0.15) is 5.56 Å². The molecule has 0 unspecified atom stereocenters. The van der Waals surface area contributed by atoms with Crippen LogP contribution >= 0.6 is 12.2 Å². The lowest BCUT2D eigenvalue weighted by Gasteiger charge is -2.16. The van der Waals surface area contributed by atoms with Gasteiger partial charge in [0.2, 0.25) is 0 Å². The molecule has 5 nitrogen and oxygen atoms in total. The Morgan fingerprint density at radius 3 is 2.20 bits per heavy atom. The molecule has 0 heterocycles. The Bertz CT molecular complexity index is 757. The predicted molar refractivity (Wildman–Crippen MR) is 97.2 cm³/mol. The Balaban J connectivity index is 2.08. The molecule has 0 saturated carbocycles. The fourth-order valence-corrected chi connectivity index (χ4v) is 2.35. The average molecular weight is 368 g/mol. The Labute approximate surface area is 149 Å². The molecule has 0 spiro atoms. The first-order valence-corrected chi connectivity index (χ1v) is 7.69. The number of thiocarbonyl (C=S) groups is 1. The fourth-order valence-electron chi connectivity index (χ4n) is 2.13. The van der Waals surface area contributed by atoms with Gasteiger partial charge in [-0.15, -0.1) is 0 Å². The molecule has 0 atom stereocenters. The number of rotatable bonds is 6. The number of benzene rings is 2. The van der Waals surface area contributed by atoms with E-state index >= 15 is 0 Å². The zero-order valence-corrected chi connectivity index (χ0v) is 14.7. The molecule has 0 amide bonds. The van der Waals surface area contributed by atoms with Gasteiger partial charge in [0, 0.05) is 11.8 Å². The van der Waals surface area contributed by atoms with Gasteiger partial charge in [-0.2, -0.15) is 8.78 Å². The van der Waals surface area contributed by atoms with E-state index in [9.17, 15) is 8.78 Å². The van der Waals surface area contributed by atoms with E-state index in [4.69, 9.17) is 21.7 Å². The van der Waals surface area contributed by atoms with Crippen LogP contribution in [0.3, 0.4) is 0 Å². The summed E-state index contributed by atoms with van der Waals surface area (Å²) in [6.07, 6.45) is 0. The maximum absolute atomic E-state index is 12.2. The summed E-state index contributed by atoms with van der Waals surface area (Å²) < 4.78 is 39.3. The van der Waals surface area contributed by atoms with E-state index in [2.05, 4.69) is 15.4 Å². The minimum Gasteiger partial charge on any atom is -0.497 e. The third-order valence-corrected chi connectivity index (χ3v) is 3.53. The van der Waals surface area contributed by atoms with Crippen molar-refractivity contribution in [1.29, 1.82) is 0 Å². The van der Waals surface area contributed by atoms with Gasteiger partial charge in [-0.05, 0) is 55.0 Å². The molecular formula is C17H18F2N2O3S. The second-order valence-electron chi connectivity index (χ2n) is 5.00. The first-order chi connectivity index (χ1) is 11.9. The van der Waals surface area contributed by atoms with E-state index in [-0.39, 0.29) is 5.75 Å². The first-order valence-electron chi connectivity index (χ1n) is 7.28. The minimum atomic E-state index is -2.86. The summed E-state index contributed by atoms with van der Waals surface area (Å²) in [7, 11) is 3.11. The van der Waals surface area contributed by atoms with Gasteiger partial charge in [0.1, 0.15) is 17.2 Å². The van der Waals surface area contributed by atoms with Crippen molar-refractivity contribution >= 4 is 28.7 Å². The maximum Gasteiger partial charge on any atom is 0.387 e. The van der Waals surface area contributed by atoms with Crippen LogP contribution in [0.4, 0.5) is 20.2 Å². The van der Waals surface area contributed by atoms with Crippen LogP contribution in [-0.2, 0) is 0 Å². The molecule has 8 heteroatoms. The standard InChI is InChI=1S/C17H18F2N2O3S/c1-10-8-12(24-16(18)19)5-6-13(10)20-17(25)21-14-7-4-11(22-2)9-15(14)23-3/h4-9,16H,1-3H3,(H2,20,21,25). The van der Waals surface area contributed by atoms with Crippen molar-refractivity contribution in [2.24, 2.45) is 0 Å². The number of anilines is 2. The Kier molecular flexibility index (Phi) is 6.35. The van der Waals surface area contributed by atoms with Crippen LogP contribution < -0.4 is 24.8 Å². The van der Waals surface area contributed by atoms with Crippen molar-refractivity contribution in [2.45, 2.75) is 13.5 Å². The van der Waals surface area contributed by atoms with Gasteiger partial charge in [0.25, 0.3) is 0 Å². The largest absolute Gasteiger partial charge is 0.497 e. The second kappa shape index (κ2) is 8.48. The van der Waals surface area contributed by atoms with Crippen LogP contribution in [0.25, 0.3) is 0 Å². The van der Waals surface area contributed by atoms with Crippen molar-refractivity contribution < 1.29 is 23.0 Å². The summed E-state index contributed by atoms with van der Waals surface area (Å²) in [5, 5.41) is 6.36. The lowest BCUT2D eigenvalue weighted by atomic mass is 10.2. The molecule has 25 heavy (non-hydrogen) atoms. The first kappa shape index (κ1) is 18.7. The zero-order chi connectivity index (χ0) is 18.4. The highest BCUT2D eigenvalue weighted by Gasteiger charge is 2.09. The summed E-state index contributed by atoms with van der Waals surface area (Å²) in [5.74, 6) is 1.32. The van der Waals surface area contributed by atoms with E-state index in [1.54, 1.807) is 45.4 Å². The second-order valence-corrected chi connectivity index (χ2v) is 5.41. The van der Waals surface area contributed by atoms with Crippen molar-refractivity contribution in [1.82, 2.24) is 0 Å². The van der Waals surface area contributed by atoms with Crippen molar-refractivity contribution in [3.63, 3.8) is 0 Å². The number of alkyl halides is 2. The summed E-state index contributed by atoms with van der Waals surface area (Å²) in [4.78, 5) is 0. The highest BCUT2D eigenvalue weighted by atomic mass is 32.1. The maximum atomic E-state index is 12.2. The Hall–Kier alpha value is -2.61. The van der Waals surface area contributed by atoms with E-state index < -0.39 is 6.61 Å². The smallest absolute Gasteiger partial charge is 0.387 e. The van der Waals surface area contributed by atoms with Gasteiger partial charge in [0.15, 0.2) is 5.11 Å². The molecule has 0 bridgehead atoms. The normalized spacial score (nSPS) is 10.3.